The number of amides is 1. The van der Waals surface area contributed by atoms with Gasteiger partial charge in [0.2, 0.25) is 0 Å². The number of Topliss-reactive ketones (excluding diaryl/α,β-unsaturated/α-hetero) is 1. The number of hydrogen-bond acceptors (Lipinski definition) is 4. The lowest BCUT2D eigenvalue weighted by molar-refractivity contribution is 0.0761. The molecule has 3 aromatic rings. The molecule has 1 atom stereocenters. The van der Waals surface area contributed by atoms with Gasteiger partial charge < -0.3 is 5.73 Å². The van der Waals surface area contributed by atoms with Crippen LogP contribution in [0.2, 0.25) is 0 Å². The smallest absolute Gasteiger partial charge is 0.276 e. The molecule has 0 bridgehead atoms. The lowest BCUT2D eigenvalue weighted by Crippen LogP contribution is -2.28. The number of hydrogen-bond donors (Lipinski definition) is 1. The summed E-state index contributed by atoms with van der Waals surface area (Å²) in [5.74, 6) is -0.405. The number of rotatable bonds is 5. The summed E-state index contributed by atoms with van der Waals surface area (Å²) < 4.78 is 0. The van der Waals surface area contributed by atoms with E-state index in [2.05, 4.69) is 5.10 Å². The zero-order valence-electron chi connectivity index (χ0n) is 15.9. The summed E-state index contributed by atoms with van der Waals surface area (Å²) in [6, 6.07) is 25.8. The number of benzene rings is 3. The lowest BCUT2D eigenvalue weighted by atomic mass is 9.91. The Balaban J connectivity index is 1.63. The minimum absolute atomic E-state index is 0.0350. The fraction of sp³-hybridized carbons (Fsp3) is 0.125. The number of para-hydroxylation sites is 1. The van der Waals surface area contributed by atoms with Gasteiger partial charge in [-0.2, -0.15) is 5.10 Å². The van der Waals surface area contributed by atoms with E-state index < -0.39 is 0 Å². The predicted octanol–water partition coefficient (Wildman–Crippen LogP) is 4.02. The maximum atomic E-state index is 13.0. The van der Waals surface area contributed by atoms with Crippen molar-refractivity contribution in [1.82, 2.24) is 5.01 Å². The average Bonchev–Trinajstić information content (AvgIpc) is 3.18. The molecule has 144 valence electrons. The van der Waals surface area contributed by atoms with Gasteiger partial charge in [0, 0.05) is 23.6 Å². The van der Waals surface area contributed by atoms with Crippen LogP contribution in [-0.4, -0.2) is 29.0 Å². The molecule has 2 N–H and O–H groups in total. The van der Waals surface area contributed by atoms with Crippen LogP contribution in [0.15, 0.2) is 90.0 Å². The second kappa shape index (κ2) is 8.10. The number of carbonyl (C=O) groups is 2. The van der Waals surface area contributed by atoms with Gasteiger partial charge in [-0.3, -0.25) is 9.59 Å². The predicted molar refractivity (Wildman–Crippen MR) is 114 cm³/mol. The molecule has 0 radical (unpaired) electrons. The summed E-state index contributed by atoms with van der Waals surface area (Å²) >= 11 is 0. The van der Waals surface area contributed by atoms with Gasteiger partial charge in [0.15, 0.2) is 5.78 Å². The topological polar surface area (TPSA) is 75.8 Å². The molecule has 4 rings (SSSR count). The van der Waals surface area contributed by atoms with Gasteiger partial charge in [-0.15, -0.1) is 0 Å². The summed E-state index contributed by atoms with van der Waals surface area (Å²) in [5, 5.41) is 6.02. The molecule has 0 fully saturated rings. The first-order chi connectivity index (χ1) is 14.1. The summed E-state index contributed by atoms with van der Waals surface area (Å²) in [7, 11) is 0. The van der Waals surface area contributed by atoms with E-state index in [9.17, 15) is 9.59 Å². The number of nitrogen functional groups attached to an aromatic ring is 1. The van der Waals surface area contributed by atoms with Gasteiger partial charge in [-0.25, -0.2) is 5.01 Å². The molecule has 0 spiro atoms. The first-order valence-corrected chi connectivity index (χ1v) is 9.52. The van der Waals surface area contributed by atoms with Crippen molar-refractivity contribution in [2.24, 2.45) is 11.0 Å². The van der Waals surface area contributed by atoms with Crippen LogP contribution in [0, 0.1) is 5.92 Å². The van der Waals surface area contributed by atoms with Crippen molar-refractivity contribution in [3.8, 4) is 0 Å². The summed E-state index contributed by atoms with van der Waals surface area (Å²) in [5.41, 5.74) is 9.13. The molecule has 1 amide bonds. The molecule has 5 nitrogen and oxygen atoms in total. The highest BCUT2D eigenvalue weighted by Gasteiger charge is 2.33. The van der Waals surface area contributed by atoms with E-state index in [1.807, 2.05) is 60.7 Å². The van der Waals surface area contributed by atoms with Crippen LogP contribution in [0.1, 0.15) is 32.7 Å². The van der Waals surface area contributed by atoms with E-state index in [0.717, 1.165) is 11.3 Å². The number of nitrogens with zero attached hydrogens (tertiary/aromatic N) is 2. The van der Waals surface area contributed by atoms with E-state index in [1.165, 1.54) is 5.01 Å². The van der Waals surface area contributed by atoms with Crippen molar-refractivity contribution < 1.29 is 9.59 Å². The lowest BCUT2D eigenvalue weighted by Gasteiger charge is -2.15. The van der Waals surface area contributed by atoms with Crippen LogP contribution >= 0.6 is 0 Å². The largest absolute Gasteiger partial charge is 0.398 e. The average molecular weight is 383 g/mol. The molecule has 1 aliphatic heterocycles. The van der Waals surface area contributed by atoms with Crippen LogP contribution in [0.4, 0.5) is 5.69 Å². The van der Waals surface area contributed by atoms with Gasteiger partial charge >= 0.3 is 0 Å². The number of hydrazone groups is 1. The highest BCUT2D eigenvalue weighted by molar-refractivity contribution is 6.09. The Morgan fingerprint density at radius 2 is 1.52 bits per heavy atom. The second-order valence-electron chi connectivity index (χ2n) is 7.02. The van der Waals surface area contributed by atoms with Crippen molar-refractivity contribution in [2.75, 3.05) is 12.3 Å². The van der Waals surface area contributed by atoms with Crippen molar-refractivity contribution in [3.05, 3.63) is 102 Å². The molecular weight excluding hydrogens is 362 g/mol. The third-order valence-electron chi connectivity index (χ3n) is 5.03. The fourth-order valence-electron chi connectivity index (χ4n) is 3.54. The second-order valence-corrected chi connectivity index (χ2v) is 7.02. The maximum absolute atomic E-state index is 13.0. The van der Waals surface area contributed by atoms with E-state index in [0.29, 0.717) is 23.4 Å². The van der Waals surface area contributed by atoms with Gasteiger partial charge in [-0.1, -0.05) is 72.8 Å². The van der Waals surface area contributed by atoms with Gasteiger partial charge in [0.25, 0.3) is 5.91 Å². The molecule has 3 aromatic carbocycles. The number of carbonyl (C=O) groups excluding carboxylic acids is 2. The fourth-order valence-corrected chi connectivity index (χ4v) is 3.54. The zero-order valence-corrected chi connectivity index (χ0v) is 15.9. The van der Waals surface area contributed by atoms with Crippen LogP contribution in [-0.2, 0) is 0 Å². The Labute approximate surface area is 169 Å². The van der Waals surface area contributed by atoms with Crippen molar-refractivity contribution >= 4 is 23.1 Å². The summed E-state index contributed by atoms with van der Waals surface area (Å²) in [6.45, 7) is 0.343. The highest BCUT2D eigenvalue weighted by atomic mass is 16.2. The highest BCUT2D eigenvalue weighted by Crippen LogP contribution is 2.26. The maximum Gasteiger partial charge on any atom is 0.276 e. The normalized spacial score (nSPS) is 15.8. The third kappa shape index (κ3) is 3.94. The molecule has 1 aliphatic rings. The Morgan fingerprint density at radius 3 is 2.21 bits per heavy atom. The van der Waals surface area contributed by atoms with Gasteiger partial charge in [0.05, 0.1) is 17.8 Å². The molecule has 1 heterocycles. The third-order valence-corrected chi connectivity index (χ3v) is 5.03. The molecule has 0 saturated heterocycles. The first kappa shape index (κ1) is 18.6. The molecule has 0 aromatic heterocycles. The Hall–Kier alpha value is -3.73. The van der Waals surface area contributed by atoms with E-state index in [1.54, 1.807) is 24.3 Å². The van der Waals surface area contributed by atoms with Crippen LogP contribution in [0.25, 0.3) is 0 Å². The Bertz CT molecular complexity index is 1060. The Morgan fingerprint density at radius 1 is 0.897 bits per heavy atom. The van der Waals surface area contributed by atoms with Crippen LogP contribution < -0.4 is 5.73 Å². The summed E-state index contributed by atoms with van der Waals surface area (Å²) in [6.07, 6.45) is 0.284. The molecular formula is C24H21N3O2. The van der Waals surface area contributed by atoms with E-state index in [-0.39, 0.29) is 24.0 Å². The molecule has 0 saturated carbocycles. The van der Waals surface area contributed by atoms with Crippen molar-refractivity contribution in [1.29, 1.82) is 0 Å². The minimum Gasteiger partial charge on any atom is -0.398 e. The number of anilines is 1. The number of ketones is 1. The molecule has 0 aliphatic carbocycles. The van der Waals surface area contributed by atoms with Gasteiger partial charge in [0.1, 0.15) is 0 Å². The van der Waals surface area contributed by atoms with E-state index in [4.69, 9.17) is 5.73 Å². The van der Waals surface area contributed by atoms with Crippen molar-refractivity contribution in [3.63, 3.8) is 0 Å². The van der Waals surface area contributed by atoms with Crippen LogP contribution in [0.5, 0.6) is 0 Å². The SMILES string of the molecule is Nc1ccccc1C(=O)N1C[C@H](CC(=O)c2ccccc2)C(c2ccccc2)=N1. The van der Waals surface area contributed by atoms with Crippen molar-refractivity contribution in [2.45, 2.75) is 6.42 Å². The quantitative estimate of drug-likeness (QED) is 0.534. The molecule has 0 unspecified atom stereocenters. The van der Waals surface area contributed by atoms with Crippen LogP contribution in [0.3, 0.4) is 0 Å². The zero-order chi connectivity index (χ0) is 20.2. The molecule has 29 heavy (non-hydrogen) atoms. The Kier molecular flexibility index (Phi) is 5.20. The van der Waals surface area contributed by atoms with Gasteiger partial charge in [-0.05, 0) is 17.7 Å². The first-order valence-electron chi connectivity index (χ1n) is 9.52. The summed E-state index contributed by atoms with van der Waals surface area (Å²) in [4.78, 5) is 25.8. The number of nitrogens with two attached hydrogens (primary N) is 1. The standard InChI is InChI=1S/C24H21N3O2/c25-21-14-8-7-13-20(21)24(29)27-16-19(15-22(28)17-9-3-1-4-10-17)23(26-27)18-11-5-2-6-12-18/h1-14,19H,15-16,25H2/t19-/m0/s1. The molecule has 5 heteroatoms. The van der Waals surface area contributed by atoms with E-state index >= 15 is 0 Å². The monoisotopic (exact) mass is 383 g/mol. The minimum atomic E-state index is -0.258.